The first-order valence-corrected chi connectivity index (χ1v) is 3.39. The van der Waals surface area contributed by atoms with Crippen molar-refractivity contribution < 1.29 is 9.21 Å². The maximum atomic E-state index is 11.1. The van der Waals surface area contributed by atoms with E-state index >= 15 is 0 Å². The fraction of sp³-hybridized carbons (Fsp3) is 0.250. The van der Waals surface area contributed by atoms with E-state index < -0.39 is 0 Å². The molecule has 1 rings (SSSR count). The Morgan fingerprint density at radius 3 is 3.17 bits per heavy atom. The molecule has 0 aliphatic carbocycles. The highest BCUT2D eigenvalue weighted by Crippen LogP contribution is 1.94. The average molecular weight is 164 g/mol. The van der Waals surface area contributed by atoms with Crippen LogP contribution >= 0.6 is 0 Å². The normalized spacial score (nSPS) is 11.7. The van der Waals surface area contributed by atoms with Crippen molar-refractivity contribution in [2.45, 2.75) is 13.0 Å². The topological polar surface area (TPSA) is 55.1 Å². The molecule has 0 spiro atoms. The minimum atomic E-state index is -0.325. The van der Waals surface area contributed by atoms with E-state index in [4.69, 9.17) is 6.42 Å². The van der Waals surface area contributed by atoms with Crippen molar-refractivity contribution in [3.05, 3.63) is 18.4 Å². The molecule has 0 fully saturated rings. The molecule has 4 nitrogen and oxygen atoms in total. The Morgan fingerprint density at radius 1 is 1.92 bits per heavy atom. The van der Waals surface area contributed by atoms with Crippen LogP contribution in [-0.2, 0) is 0 Å². The molecule has 1 unspecified atom stereocenters. The average Bonchev–Trinajstić information content (AvgIpc) is 2.56. The fourth-order valence-electron chi connectivity index (χ4n) is 0.637. The van der Waals surface area contributed by atoms with Gasteiger partial charge in [0.15, 0.2) is 12.1 Å². The minimum Gasteiger partial charge on any atom is -0.451 e. The summed E-state index contributed by atoms with van der Waals surface area (Å²) in [7, 11) is 0. The van der Waals surface area contributed by atoms with Crippen molar-refractivity contribution in [1.29, 1.82) is 0 Å². The van der Waals surface area contributed by atoms with Gasteiger partial charge in [-0.15, -0.1) is 6.42 Å². The predicted octanol–water partition coefficient (Wildman–Crippen LogP) is 0.426. The summed E-state index contributed by atoms with van der Waals surface area (Å²) in [4.78, 5) is 14.8. The molecule has 4 heteroatoms. The van der Waals surface area contributed by atoms with Gasteiger partial charge >= 0.3 is 0 Å². The molecule has 0 saturated carbocycles. The number of rotatable bonds is 2. The Bertz CT molecular complexity index is 297. The van der Waals surface area contributed by atoms with E-state index in [0.29, 0.717) is 0 Å². The van der Waals surface area contributed by atoms with Crippen LogP contribution in [0.1, 0.15) is 17.4 Å². The summed E-state index contributed by atoms with van der Waals surface area (Å²) in [5, 5.41) is 2.53. The lowest BCUT2D eigenvalue weighted by atomic mass is 10.3. The molecule has 0 saturated heterocycles. The van der Waals surface area contributed by atoms with Gasteiger partial charge in [-0.2, -0.15) is 0 Å². The van der Waals surface area contributed by atoms with E-state index in [1.807, 2.05) is 0 Å². The lowest BCUT2D eigenvalue weighted by Gasteiger charge is -2.03. The summed E-state index contributed by atoms with van der Waals surface area (Å²) >= 11 is 0. The van der Waals surface area contributed by atoms with Crippen LogP contribution in [0.2, 0.25) is 0 Å². The third kappa shape index (κ3) is 1.86. The molecule has 1 N–H and O–H groups in total. The summed E-state index contributed by atoms with van der Waals surface area (Å²) in [5.74, 6) is 2.04. The van der Waals surface area contributed by atoms with Crippen molar-refractivity contribution in [2.24, 2.45) is 0 Å². The molecule has 12 heavy (non-hydrogen) atoms. The van der Waals surface area contributed by atoms with Gasteiger partial charge in [0.2, 0.25) is 0 Å². The first-order chi connectivity index (χ1) is 5.74. The lowest BCUT2D eigenvalue weighted by molar-refractivity contribution is 0.0943. The number of carbonyl (C=O) groups excluding carboxylic acids is 1. The number of hydrogen-bond donors (Lipinski definition) is 1. The zero-order valence-corrected chi connectivity index (χ0v) is 6.57. The Hall–Kier alpha value is -1.76. The van der Waals surface area contributed by atoms with Crippen LogP contribution in [0.4, 0.5) is 0 Å². The fourth-order valence-corrected chi connectivity index (χ4v) is 0.637. The Labute approximate surface area is 70.0 Å². The molecule has 0 aliphatic rings. The van der Waals surface area contributed by atoms with Crippen LogP contribution in [-0.4, -0.2) is 16.9 Å². The molecule has 0 aromatic carbocycles. The van der Waals surface area contributed by atoms with E-state index in [2.05, 4.69) is 20.6 Å². The highest BCUT2D eigenvalue weighted by molar-refractivity contribution is 5.92. The van der Waals surface area contributed by atoms with Gasteiger partial charge in [-0.3, -0.25) is 4.79 Å². The van der Waals surface area contributed by atoms with Gasteiger partial charge in [0.1, 0.15) is 6.26 Å². The van der Waals surface area contributed by atoms with Gasteiger partial charge in [-0.25, -0.2) is 4.98 Å². The Morgan fingerprint density at radius 2 is 2.67 bits per heavy atom. The number of terminal acetylenes is 1. The maximum absolute atomic E-state index is 11.1. The monoisotopic (exact) mass is 164 g/mol. The SMILES string of the molecule is C#CC(C)NC(=O)c1cocn1. The number of aromatic nitrogens is 1. The highest BCUT2D eigenvalue weighted by Gasteiger charge is 2.09. The van der Waals surface area contributed by atoms with Crippen molar-refractivity contribution in [1.82, 2.24) is 10.3 Å². The van der Waals surface area contributed by atoms with Crippen LogP contribution in [0.25, 0.3) is 0 Å². The van der Waals surface area contributed by atoms with E-state index in [1.54, 1.807) is 6.92 Å². The molecular formula is C8H8N2O2. The molecule has 1 heterocycles. The van der Waals surface area contributed by atoms with Gasteiger partial charge in [-0.1, -0.05) is 5.92 Å². The number of amides is 1. The molecule has 1 aromatic rings. The van der Waals surface area contributed by atoms with Crippen LogP contribution < -0.4 is 5.32 Å². The number of carbonyl (C=O) groups is 1. The molecule has 0 aliphatic heterocycles. The van der Waals surface area contributed by atoms with Crippen LogP contribution in [0.5, 0.6) is 0 Å². The molecule has 1 atom stereocenters. The lowest BCUT2D eigenvalue weighted by Crippen LogP contribution is -2.31. The zero-order valence-electron chi connectivity index (χ0n) is 6.57. The van der Waals surface area contributed by atoms with Gasteiger partial charge < -0.3 is 9.73 Å². The molecule has 62 valence electrons. The predicted molar refractivity (Wildman–Crippen MR) is 42.3 cm³/mol. The highest BCUT2D eigenvalue weighted by atomic mass is 16.3. The number of nitrogens with zero attached hydrogens (tertiary/aromatic N) is 1. The van der Waals surface area contributed by atoms with Crippen molar-refractivity contribution in [3.63, 3.8) is 0 Å². The standard InChI is InChI=1S/C8H8N2O2/c1-3-6(2)10-8(11)7-4-12-5-9-7/h1,4-6H,2H3,(H,10,11). The summed E-state index contributed by atoms with van der Waals surface area (Å²) in [6.07, 6.45) is 7.52. The van der Waals surface area contributed by atoms with Crippen LogP contribution in [0, 0.1) is 12.3 Å². The van der Waals surface area contributed by atoms with E-state index in [-0.39, 0.29) is 17.6 Å². The molecule has 0 radical (unpaired) electrons. The van der Waals surface area contributed by atoms with Crippen molar-refractivity contribution in [2.75, 3.05) is 0 Å². The van der Waals surface area contributed by atoms with E-state index in [9.17, 15) is 4.79 Å². The van der Waals surface area contributed by atoms with Gasteiger partial charge in [-0.05, 0) is 6.92 Å². The van der Waals surface area contributed by atoms with Crippen LogP contribution in [0.15, 0.2) is 17.1 Å². The largest absolute Gasteiger partial charge is 0.451 e. The second-order valence-electron chi connectivity index (χ2n) is 2.24. The first-order valence-electron chi connectivity index (χ1n) is 3.39. The Balaban J connectivity index is 2.57. The smallest absolute Gasteiger partial charge is 0.274 e. The molecule has 0 bridgehead atoms. The van der Waals surface area contributed by atoms with E-state index in [1.165, 1.54) is 12.7 Å². The van der Waals surface area contributed by atoms with Gasteiger partial charge in [0.25, 0.3) is 5.91 Å². The number of nitrogens with one attached hydrogen (secondary N) is 1. The third-order valence-electron chi connectivity index (χ3n) is 1.26. The second-order valence-corrected chi connectivity index (χ2v) is 2.24. The van der Waals surface area contributed by atoms with E-state index in [0.717, 1.165) is 0 Å². The van der Waals surface area contributed by atoms with Crippen LogP contribution in [0.3, 0.4) is 0 Å². The minimum absolute atomic E-state index is 0.233. The maximum Gasteiger partial charge on any atom is 0.274 e. The zero-order chi connectivity index (χ0) is 8.97. The van der Waals surface area contributed by atoms with Gasteiger partial charge in [0.05, 0.1) is 6.04 Å². The summed E-state index contributed by atoms with van der Waals surface area (Å²) in [6.45, 7) is 1.71. The first kappa shape index (κ1) is 8.34. The molecule has 1 amide bonds. The molecule has 1 aromatic heterocycles. The second kappa shape index (κ2) is 3.58. The summed E-state index contributed by atoms with van der Waals surface area (Å²) in [5.41, 5.74) is 0.233. The number of oxazole rings is 1. The quantitative estimate of drug-likeness (QED) is 0.645. The summed E-state index contributed by atoms with van der Waals surface area (Å²) in [6, 6.07) is -0.297. The Kier molecular flexibility index (Phi) is 2.49. The third-order valence-corrected chi connectivity index (χ3v) is 1.26. The van der Waals surface area contributed by atoms with Crippen molar-refractivity contribution >= 4 is 5.91 Å². The number of hydrogen-bond acceptors (Lipinski definition) is 3. The van der Waals surface area contributed by atoms with Crippen molar-refractivity contribution in [3.8, 4) is 12.3 Å². The van der Waals surface area contributed by atoms with Gasteiger partial charge in [0, 0.05) is 0 Å². The molecular weight excluding hydrogens is 156 g/mol. The summed E-state index contributed by atoms with van der Waals surface area (Å²) < 4.78 is 4.63.